The first-order valence-electron chi connectivity index (χ1n) is 17.8. The fourth-order valence-electron chi connectivity index (χ4n) is 6.80. The van der Waals surface area contributed by atoms with Gasteiger partial charge in [0.15, 0.2) is 9.76 Å². The van der Waals surface area contributed by atoms with E-state index in [0.717, 1.165) is 90.4 Å². The molecule has 3 heterocycles. The summed E-state index contributed by atoms with van der Waals surface area (Å²) in [6.07, 6.45) is 19.4. The van der Waals surface area contributed by atoms with Crippen molar-refractivity contribution < 1.29 is 28.1 Å². The zero-order valence-electron chi connectivity index (χ0n) is 27.7. The van der Waals surface area contributed by atoms with Gasteiger partial charge in [0.2, 0.25) is 0 Å². The summed E-state index contributed by atoms with van der Waals surface area (Å²) in [5.41, 5.74) is 0. The first-order chi connectivity index (χ1) is 20.0. The molecule has 3 aliphatic heterocycles. The molecule has 0 aromatic rings. The molecule has 3 rings (SSSR count). The quantitative estimate of drug-likeness (QED) is 0.0803. The Hall–Kier alpha value is -0.0231. The highest BCUT2D eigenvalue weighted by Crippen LogP contribution is 2.45. The summed E-state index contributed by atoms with van der Waals surface area (Å²) in [5.74, 6) is 0.314. The third kappa shape index (κ3) is 10.3. The van der Waals surface area contributed by atoms with E-state index in [1.54, 1.807) is 0 Å². The molecule has 3 saturated heterocycles. The third-order valence-electron chi connectivity index (χ3n) is 9.76. The standard InChI is InChI=1S/C34H66O6Si/c1-7-12-15-18-26(6)40-41-34(33(20-14-9-3)39-32(17-11-5)30-22-24-36-30)27(25-37-34)28(19-13-8-2)38-31(16-10-4)29-21-23-35-29/h26-33H,7-25,41H2,1-6H3. The number of rotatable bonds is 25. The maximum absolute atomic E-state index is 7.18. The van der Waals surface area contributed by atoms with E-state index in [0.29, 0.717) is 5.92 Å². The van der Waals surface area contributed by atoms with Gasteiger partial charge in [-0.15, -0.1) is 0 Å². The Morgan fingerprint density at radius 2 is 1.27 bits per heavy atom. The van der Waals surface area contributed by atoms with Gasteiger partial charge in [0.05, 0.1) is 43.2 Å². The van der Waals surface area contributed by atoms with Gasteiger partial charge in [-0.3, -0.25) is 0 Å². The summed E-state index contributed by atoms with van der Waals surface area (Å²) in [6.45, 7) is 16.1. The van der Waals surface area contributed by atoms with Crippen molar-refractivity contribution in [2.24, 2.45) is 5.92 Å². The third-order valence-corrected chi connectivity index (χ3v) is 12.1. The normalized spacial score (nSPS) is 29.9. The van der Waals surface area contributed by atoms with Crippen LogP contribution in [0.15, 0.2) is 0 Å². The molecule has 0 N–H and O–H groups in total. The van der Waals surface area contributed by atoms with E-state index in [9.17, 15) is 0 Å². The molecule has 0 spiro atoms. The van der Waals surface area contributed by atoms with Gasteiger partial charge >= 0.3 is 0 Å². The van der Waals surface area contributed by atoms with E-state index >= 15 is 0 Å². The van der Waals surface area contributed by atoms with Crippen LogP contribution >= 0.6 is 0 Å². The van der Waals surface area contributed by atoms with E-state index in [1.807, 2.05) is 0 Å². The van der Waals surface area contributed by atoms with Gasteiger partial charge in [-0.1, -0.05) is 92.4 Å². The molecule has 7 heteroatoms. The molecular formula is C34H66O6Si. The van der Waals surface area contributed by atoms with E-state index < -0.39 is 9.76 Å². The monoisotopic (exact) mass is 598 g/mol. The van der Waals surface area contributed by atoms with Crippen LogP contribution in [0.1, 0.15) is 144 Å². The predicted octanol–water partition coefficient (Wildman–Crippen LogP) is 7.46. The Balaban J connectivity index is 1.87. The average Bonchev–Trinajstić information content (AvgIpc) is 2.88. The first-order valence-corrected chi connectivity index (χ1v) is 19.1. The topological polar surface area (TPSA) is 55.4 Å². The lowest BCUT2D eigenvalue weighted by molar-refractivity contribution is -0.281. The second-order valence-electron chi connectivity index (χ2n) is 13.1. The van der Waals surface area contributed by atoms with E-state index in [2.05, 4.69) is 41.5 Å². The fourth-order valence-corrected chi connectivity index (χ4v) is 8.79. The van der Waals surface area contributed by atoms with Crippen molar-refractivity contribution in [1.29, 1.82) is 0 Å². The molecule has 0 aromatic heterocycles. The van der Waals surface area contributed by atoms with Crippen molar-refractivity contribution in [2.45, 2.75) is 192 Å². The van der Waals surface area contributed by atoms with Gasteiger partial charge in [0.1, 0.15) is 5.22 Å². The van der Waals surface area contributed by atoms with Crippen molar-refractivity contribution in [1.82, 2.24) is 0 Å². The number of ether oxygens (including phenoxy) is 5. The van der Waals surface area contributed by atoms with Crippen LogP contribution in [0, 0.1) is 5.92 Å². The summed E-state index contributed by atoms with van der Waals surface area (Å²) >= 11 is 0. The van der Waals surface area contributed by atoms with Gasteiger partial charge in [-0.2, -0.15) is 0 Å². The van der Waals surface area contributed by atoms with Crippen molar-refractivity contribution in [2.75, 3.05) is 19.8 Å². The number of unbranched alkanes of at least 4 members (excludes halogenated alkanes) is 4. The highest BCUT2D eigenvalue weighted by molar-refractivity contribution is 6.33. The first kappa shape index (κ1) is 35.5. The summed E-state index contributed by atoms with van der Waals surface area (Å²) in [5, 5.41) is -0.348. The Bertz CT molecular complexity index is 674. The zero-order valence-corrected chi connectivity index (χ0v) is 29.1. The highest BCUT2D eigenvalue weighted by atomic mass is 28.2. The minimum absolute atomic E-state index is 0.0359. The highest BCUT2D eigenvalue weighted by Gasteiger charge is 2.59. The maximum atomic E-state index is 7.18. The minimum atomic E-state index is -1.08. The molecule has 9 atom stereocenters. The Labute approximate surface area is 255 Å². The van der Waals surface area contributed by atoms with Crippen LogP contribution in [0.2, 0.25) is 0 Å². The largest absolute Gasteiger partial charge is 0.418 e. The second-order valence-corrected chi connectivity index (χ2v) is 14.9. The summed E-state index contributed by atoms with van der Waals surface area (Å²) in [7, 11) is -1.08. The van der Waals surface area contributed by atoms with Gasteiger partial charge in [0, 0.05) is 25.2 Å². The molecule has 242 valence electrons. The molecule has 9 unspecified atom stereocenters. The van der Waals surface area contributed by atoms with E-state index in [4.69, 9.17) is 28.1 Å². The molecule has 0 aromatic carbocycles. The zero-order chi connectivity index (χ0) is 29.5. The summed E-state index contributed by atoms with van der Waals surface area (Å²) < 4.78 is 39.9. The van der Waals surface area contributed by atoms with Gasteiger partial charge in [-0.25, -0.2) is 0 Å². The smallest absolute Gasteiger partial charge is 0.198 e. The van der Waals surface area contributed by atoms with Crippen LogP contribution in [-0.4, -0.2) is 77.5 Å². The van der Waals surface area contributed by atoms with Crippen molar-refractivity contribution in [3.8, 4) is 0 Å². The fraction of sp³-hybridized carbons (Fsp3) is 1.00. The lowest BCUT2D eigenvalue weighted by Gasteiger charge is -2.57. The van der Waals surface area contributed by atoms with Crippen LogP contribution in [0.3, 0.4) is 0 Å². The van der Waals surface area contributed by atoms with Crippen LogP contribution in [0.5, 0.6) is 0 Å². The summed E-state index contributed by atoms with van der Waals surface area (Å²) in [4.78, 5) is 0. The van der Waals surface area contributed by atoms with Crippen LogP contribution in [0.25, 0.3) is 0 Å². The molecule has 41 heavy (non-hydrogen) atoms. The SMILES string of the molecule is CCCCCC(C)O[SiH2]C1(C(CCCC)OC(CCC)C2CCO2)OCC1C(CCCC)OC(CCC)C1CCO1. The van der Waals surface area contributed by atoms with Crippen molar-refractivity contribution in [3.63, 3.8) is 0 Å². The molecule has 0 amide bonds. The van der Waals surface area contributed by atoms with E-state index in [-0.39, 0.29) is 48.0 Å². The molecular weight excluding hydrogens is 532 g/mol. The molecule has 6 nitrogen and oxygen atoms in total. The molecule has 0 radical (unpaired) electrons. The Morgan fingerprint density at radius 1 is 0.683 bits per heavy atom. The van der Waals surface area contributed by atoms with Gasteiger partial charge in [0.25, 0.3) is 0 Å². The number of hydrogen-bond donors (Lipinski definition) is 0. The Kier molecular flexibility index (Phi) is 16.8. The summed E-state index contributed by atoms with van der Waals surface area (Å²) in [6, 6.07) is 0. The Morgan fingerprint density at radius 3 is 1.76 bits per heavy atom. The van der Waals surface area contributed by atoms with Crippen LogP contribution in [-0.2, 0) is 28.1 Å². The van der Waals surface area contributed by atoms with Gasteiger partial charge in [-0.05, 0) is 51.9 Å². The maximum Gasteiger partial charge on any atom is 0.198 e. The van der Waals surface area contributed by atoms with Crippen molar-refractivity contribution in [3.05, 3.63) is 0 Å². The van der Waals surface area contributed by atoms with Crippen LogP contribution in [0.4, 0.5) is 0 Å². The van der Waals surface area contributed by atoms with Crippen LogP contribution < -0.4 is 0 Å². The lowest BCUT2D eigenvalue weighted by Crippen LogP contribution is -2.70. The molecule has 0 aliphatic carbocycles. The van der Waals surface area contributed by atoms with Crippen molar-refractivity contribution >= 4 is 9.76 Å². The second kappa shape index (κ2) is 19.4. The van der Waals surface area contributed by atoms with E-state index in [1.165, 1.54) is 32.1 Å². The molecule has 0 bridgehead atoms. The minimum Gasteiger partial charge on any atom is -0.418 e. The molecule has 0 saturated carbocycles. The molecule has 3 fully saturated rings. The average molecular weight is 599 g/mol. The lowest BCUT2D eigenvalue weighted by atomic mass is 9.82. The number of hydrogen-bond acceptors (Lipinski definition) is 6. The van der Waals surface area contributed by atoms with Gasteiger partial charge < -0.3 is 28.1 Å². The predicted molar refractivity (Wildman–Crippen MR) is 170 cm³/mol. The molecule has 3 aliphatic rings.